The van der Waals surface area contributed by atoms with Crippen LogP contribution in [0.2, 0.25) is 0 Å². The zero-order chi connectivity index (χ0) is 20.4. The number of piperidine rings is 1. The molecule has 2 aromatic rings. The number of thiocarbonyl (C=S) groups is 1. The lowest BCUT2D eigenvalue weighted by Crippen LogP contribution is -2.42. The summed E-state index contributed by atoms with van der Waals surface area (Å²) in [6.07, 6.45) is 4.97. The van der Waals surface area contributed by atoms with E-state index in [0.717, 1.165) is 36.7 Å². The molecule has 29 heavy (non-hydrogen) atoms. The Morgan fingerprint density at radius 3 is 2.48 bits per heavy atom. The van der Waals surface area contributed by atoms with Gasteiger partial charge in [-0.2, -0.15) is 13.2 Å². The van der Waals surface area contributed by atoms with Crippen molar-refractivity contribution in [2.45, 2.75) is 38.3 Å². The summed E-state index contributed by atoms with van der Waals surface area (Å²) in [5, 5.41) is 3.07. The third-order valence-corrected chi connectivity index (χ3v) is 6.48. The molecule has 4 rings (SSSR count). The molecule has 0 amide bonds. The highest BCUT2D eigenvalue weighted by molar-refractivity contribution is 7.81. The predicted molar refractivity (Wildman–Crippen MR) is 113 cm³/mol. The molecule has 0 unspecified atom stereocenters. The van der Waals surface area contributed by atoms with Crippen LogP contribution in [0.3, 0.4) is 0 Å². The second-order valence-corrected chi connectivity index (χ2v) is 8.37. The van der Waals surface area contributed by atoms with Gasteiger partial charge >= 0.3 is 6.18 Å². The Morgan fingerprint density at radius 2 is 1.76 bits per heavy atom. The van der Waals surface area contributed by atoms with Crippen molar-refractivity contribution in [3.05, 3.63) is 53.9 Å². The molecular weight excluding hydrogens is 395 g/mol. The fraction of sp³-hybridized carbons (Fsp3) is 0.455. The van der Waals surface area contributed by atoms with E-state index in [1.807, 2.05) is 0 Å². The molecule has 7 heteroatoms. The van der Waals surface area contributed by atoms with Crippen LogP contribution < -0.4 is 10.2 Å². The molecule has 0 bridgehead atoms. The van der Waals surface area contributed by atoms with Crippen LogP contribution in [-0.4, -0.2) is 23.1 Å². The summed E-state index contributed by atoms with van der Waals surface area (Å²) in [5.41, 5.74) is 1.26. The van der Waals surface area contributed by atoms with Gasteiger partial charge in [-0.1, -0.05) is 31.5 Å². The van der Waals surface area contributed by atoms with E-state index in [0.29, 0.717) is 16.6 Å². The summed E-state index contributed by atoms with van der Waals surface area (Å²) in [7, 11) is 0. The zero-order valence-corrected chi connectivity index (χ0v) is 16.9. The van der Waals surface area contributed by atoms with Crippen molar-refractivity contribution in [2.24, 2.45) is 11.8 Å². The summed E-state index contributed by atoms with van der Waals surface area (Å²) < 4.78 is 40.0. The molecule has 1 aromatic heterocycles. The number of halogens is 3. The van der Waals surface area contributed by atoms with E-state index >= 15 is 0 Å². The van der Waals surface area contributed by atoms with Crippen LogP contribution in [-0.2, 0) is 6.18 Å². The first-order valence-electron chi connectivity index (χ1n) is 10.1. The Labute approximate surface area is 174 Å². The first-order chi connectivity index (χ1) is 13.9. The number of rotatable bonds is 3. The highest BCUT2D eigenvalue weighted by atomic mass is 32.1. The number of nitrogens with zero attached hydrogens (tertiary/aromatic N) is 2. The van der Waals surface area contributed by atoms with Gasteiger partial charge in [0.1, 0.15) is 4.99 Å². The van der Waals surface area contributed by atoms with E-state index in [1.165, 1.54) is 37.8 Å². The Kier molecular flexibility index (Phi) is 5.76. The molecule has 2 fully saturated rings. The summed E-state index contributed by atoms with van der Waals surface area (Å²) >= 11 is 5.45. The molecule has 3 nitrogen and oxygen atoms in total. The maximum atomic E-state index is 13.3. The summed E-state index contributed by atoms with van der Waals surface area (Å²) in [5.74, 6) is 1.38. The molecule has 1 saturated carbocycles. The van der Waals surface area contributed by atoms with Crippen LogP contribution in [0, 0.1) is 11.8 Å². The van der Waals surface area contributed by atoms with E-state index in [2.05, 4.69) is 15.2 Å². The molecule has 2 heterocycles. The molecule has 2 aliphatic rings. The first-order valence-corrected chi connectivity index (χ1v) is 10.5. The fourth-order valence-electron chi connectivity index (χ4n) is 4.61. The molecule has 154 valence electrons. The van der Waals surface area contributed by atoms with Gasteiger partial charge in [0.05, 0.1) is 16.9 Å². The Morgan fingerprint density at radius 1 is 1.03 bits per heavy atom. The molecule has 0 spiro atoms. The van der Waals surface area contributed by atoms with Gasteiger partial charge in [-0.15, -0.1) is 0 Å². The van der Waals surface area contributed by atoms with Crippen LogP contribution in [0.1, 0.15) is 43.2 Å². The fourth-order valence-corrected chi connectivity index (χ4v) is 4.85. The first kappa shape index (κ1) is 20.1. The Hall–Kier alpha value is -2.15. The number of hydrogen-bond donors (Lipinski definition) is 1. The minimum absolute atomic E-state index is 0.389. The summed E-state index contributed by atoms with van der Waals surface area (Å²) in [6, 6.07) is 7.43. The number of anilines is 2. The molecule has 1 N–H and O–H groups in total. The van der Waals surface area contributed by atoms with Gasteiger partial charge in [0, 0.05) is 31.0 Å². The lowest BCUT2D eigenvalue weighted by atomic mass is 9.75. The summed E-state index contributed by atoms with van der Waals surface area (Å²) in [6.45, 7) is 1.76. The highest BCUT2D eigenvalue weighted by Crippen LogP contribution is 2.41. The number of alkyl halides is 3. The van der Waals surface area contributed by atoms with Gasteiger partial charge in [0.2, 0.25) is 0 Å². The minimum Gasteiger partial charge on any atom is -0.370 e. The lowest BCUT2D eigenvalue weighted by molar-refractivity contribution is -0.137. The Balaban J connectivity index is 1.63. The highest BCUT2D eigenvalue weighted by Gasteiger charge is 2.34. The number of hydrogen-bond acceptors (Lipinski definition) is 3. The third kappa shape index (κ3) is 4.55. The number of pyridine rings is 1. The molecule has 1 aliphatic heterocycles. The molecule has 1 aliphatic carbocycles. The van der Waals surface area contributed by atoms with Crippen LogP contribution >= 0.6 is 12.2 Å². The molecular formula is C22H24F3N3S. The van der Waals surface area contributed by atoms with E-state index in [4.69, 9.17) is 12.2 Å². The topological polar surface area (TPSA) is 28.2 Å². The van der Waals surface area contributed by atoms with E-state index in [-0.39, 0.29) is 0 Å². The van der Waals surface area contributed by atoms with E-state index in [1.54, 1.807) is 30.6 Å². The van der Waals surface area contributed by atoms with Gasteiger partial charge in [-0.25, -0.2) is 0 Å². The van der Waals surface area contributed by atoms with Crippen molar-refractivity contribution in [2.75, 3.05) is 23.3 Å². The second-order valence-electron chi connectivity index (χ2n) is 7.96. The molecule has 2 atom stereocenters. The maximum absolute atomic E-state index is 13.3. The third-order valence-electron chi connectivity index (χ3n) is 6.15. The normalized spacial score (nSPS) is 22.1. The quantitative estimate of drug-likeness (QED) is 0.627. The number of nitrogens with one attached hydrogen (secondary N) is 1. The lowest BCUT2D eigenvalue weighted by Gasteiger charge is -2.43. The summed E-state index contributed by atoms with van der Waals surface area (Å²) in [4.78, 5) is 6.58. The minimum atomic E-state index is -4.40. The Bertz CT molecular complexity index is 869. The molecule has 1 saturated heterocycles. The smallest absolute Gasteiger partial charge is 0.370 e. The monoisotopic (exact) mass is 419 g/mol. The van der Waals surface area contributed by atoms with Crippen LogP contribution in [0.4, 0.5) is 24.5 Å². The van der Waals surface area contributed by atoms with Crippen LogP contribution in [0.25, 0.3) is 0 Å². The van der Waals surface area contributed by atoms with Crippen molar-refractivity contribution < 1.29 is 13.2 Å². The van der Waals surface area contributed by atoms with Gasteiger partial charge in [-0.3, -0.25) is 4.98 Å². The number of aromatic nitrogens is 1. The average molecular weight is 420 g/mol. The van der Waals surface area contributed by atoms with Crippen molar-refractivity contribution in [1.29, 1.82) is 0 Å². The number of benzene rings is 1. The van der Waals surface area contributed by atoms with Gasteiger partial charge in [-0.05, 0) is 55.0 Å². The standard InChI is InChI=1S/C22H24F3N3S/c23-22(24,25)18-5-6-20(28-12-9-15-3-1-2-4-17(15)14-28)19(13-18)27-21(29)16-7-10-26-11-8-16/h5-8,10-11,13,15,17H,1-4,9,12,14H2,(H,27,29)/t15-,17-/m0/s1. The van der Waals surface area contributed by atoms with Crippen LogP contribution in [0.5, 0.6) is 0 Å². The van der Waals surface area contributed by atoms with Gasteiger partial charge in [0.25, 0.3) is 0 Å². The maximum Gasteiger partial charge on any atom is 0.416 e. The average Bonchev–Trinajstić information content (AvgIpc) is 2.73. The largest absolute Gasteiger partial charge is 0.416 e. The van der Waals surface area contributed by atoms with Crippen molar-refractivity contribution in [3.63, 3.8) is 0 Å². The van der Waals surface area contributed by atoms with Gasteiger partial charge < -0.3 is 10.2 Å². The zero-order valence-electron chi connectivity index (χ0n) is 16.1. The van der Waals surface area contributed by atoms with E-state index < -0.39 is 11.7 Å². The second kappa shape index (κ2) is 8.30. The van der Waals surface area contributed by atoms with Crippen molar-refractivity contribution in [3.8, 4) is 0 Å². The SMILES string of the molecule is FC(F)(F)c1ccc(N2CC[C@@H]3CCCC[C@H]3C2)c(NC(=S)c2ccncc2)c1. The van der Waals surface area contributed by atoms with Crippen molar-refractivity contribution >= 4 is 28.6 Å². The van der Waals surface area contributed by atoms with Crippen LogP contribution in [0.15, 0.2) is 42.7 Å². The predicted octanol–water partition coefficient (Wildman–Crippen LogP) is 5.90. The van der Waals surface area contributed by atoms with Crippen molar-refractivity contribution in [1.82, 2.24) is 4.98 Å². The number of fused-ring (bicyclic) bond motifs is 1. The molecule has 1 aromatic carbocycles. The van der Waals surface area contributed by atoms with Gasteiger partial charge in [0.15, 0.2) is 0 Å². The van der Waals surface area contributed by atoms with E-state index in [9.17, 15) is 13.2 Å². The molecule has 0 radical (unpaired) electrons.